The Bertz CT molecular complexity index is 487. The molecule has 0 bridgehead atoms. The van der Waals surface area contributed by atoms with E-state index in [-0.39, 0.29) is 10.6 Å². The molecule has 0 atom stereocenters. The predicted molar refractivity (Wildman–Crippen MR) is 79.8 cm³/mol. The molecule has 110 valence electrons. The molecule has 5 nitrogen and oxygen atoms in total. The number of benzene rings is 1. The minimum atomic E-state index is -0.369. The fourth-order valence-corrected chi connectivity index (χ4v) is 2.95. The van der Waals surface area contributed by atoms with Crippen molar-refractivity contribution < 1.29 is 4.92 Å². The molecule has 0 unspecified atom stereocenters. The Morgan fingerprint density at radius 1 is 1.40 bits per heavy atom. The molecular formula is C14H20ClN3O2. The molecular weight excluding hydrogens is 278 g/mol. The maximum Gasteiger partial charge on any atom is 0.275 e. The summed E-state index contributed by atoms with van der Waals surface area (Å²) >= 11 is 5.83. The SMILES string of the molecule is CN(Cc1ccc(Cl)cc1[N+](=O)[O-])C1CCC(N)CC1. The lowest BCUT2D eigenvalue weighted by molar-refractivity contribution is -0.385. The molecule has 1 aliphatic carbocycles. The Morgan fingerprint density at radius 2 is 2.05 bits per heavy atom. The first kappa shape index (κ1) is 15.2. The van der Waals surface area contributed by atoms with Crippen LogP contribution in [0, 0.1) is 10.1 Å². The molecule has 1 aromatic carbocycles. The summed E-state index contributed by atoms with van der Waals surface area (Å²) in [6.07, 6.45) is 4.16. The fraction of sp³-hybridized carbons (Fsp3) is 0.571. The summed E-state index contributed by atoms with van der Waals surface area (Å²) in [7, 11) is 2.01. The smallest absolute Gasteiger partial charge is 0.275 e. The number of nitrogens with two attached hydrogens (primary N) is 1. The van der Waals surface area contributed by atoms with Crippen molar-refractivity contribution in [1.82, 2.24) is 4.90 Å². The van der Waals surface area contributed by atoms with Gasteiger partial charge in [-0.1, -0.05) is 11.6 Å². The number of nitrogens with zero attached hydrogens (tertiary/aromatic N) is 2. The van der Waals surface area contributed by atoms with E-state index in [0.29, 0.717) is 29.2 Å². The van der Waals surface area contributed by atoms with E-state index in [1.165, 1.54) is 6.07 Å². The number of nitro groups is 1. The Kier molecular flexibility index (Phi) is 4.96. The Morgan fingerprint density at radius 3 is 2.65 bits per heavy atom. The highest BCUT2D eigenvalue weighted by atomic mass is 35.5. The largest absolute Gasteiger partial charge is 0.328 e. The Labute approximate surface area is 123 Å². The molecule has 1 fully saturated rings. The number of nitro benzene ring substituents is 1. The van der Waals surface area contributed by atoms with E-state index < -0.39 is 0 Å². The van der Waals surface area contributed by atoms with Gasteiger partial charge in [0.1, 0.15) is 0 Å². The van der Waals surface area contributed by atoms with Crippen LogP contribution in [-0.2, 0) is 6.54 Å². The minimum absolute atomic E-state index is 0.0943. The Balaban J connectivity index is 2.07. The van der Waals surface area contributed by atoms with E-state index in [9.17, 15) is 10.1 Å². The van der Waals surface area contributed by atoms with Crippen LogP contribution in [0.2, 0.25) is 5.02 Å². The number of rotatable bonds is 4. The molecule has 0 amide bonds. The minimum Gasteiger partial charge on any atom is -0.328 e. The lowest BCUT2D eigenvalue weighted by atomic mass is 9.91. The van der Waals surface area contributed by atoms with Crippen molar-refractivity contribution in [2.24, 2.45) is 5.73 Å². The summed E-state index contributed by atoms with van der Waals surface area (Å²) < 4.78 is 0. The molecule has 1 aliphatic rings. The summed E-state index contributed by atoms with van der Waals surface area (Å²) in [4.78, 5) is 12.9. The Hall–Kier alpha value is -1.17. The first-order valence-corrected chi connectivity index (χ1v) is 7.24. The van der Waals surface area contributed by atoms with Crippen LogP contribution in [0.4, 0.5) is 5.69 Å². The zero-order chi connectivity index (χ0) is 14.7. The van der Waals surface area contributed by atoms with E-state index in [0.717, 1.165) is 25.7 Å². The van der Waals surface area contributed by atoms with E-state index in [1.807, 2.05) is 7.05 Å². The zero-order valence-corrected chi connectivity index (χ0v) is 12.3. The molecule has 0 spiro atoms. The third-order valence-corrected chi connectivity index (χ3v) is 4.26. The zero-order valence-electron chi connectivity index (χ0n) is 11.6. The first-order chi connectivity index (χ1) is 9.47. The van der Waals surface area contributed by atoms with Gasteiger partial charge >= 0.3 is 0 Å². The van der Waals surface area contributed by atoms with E-state index in [1.54, 1.807) is 12.1 Å². The van der Waals surface area contributed by atoms with E-state index in [4.69, 9.17) is 17.3 Å². The molecule has 20 heavy (non-hydrogen) atoms. The molecule has 6 heteroatoms. The van der Waals surface area contributed by atoms with Crippen LogP contribution in [0.5, 0.6) is 0 Å². The van der Waals surface area contributed by atoms with Crippen molar-refractivity contribution in [1.29, 1.82) is 0 Å². The van der Waals surface area contributed by atoms with E-state index >= 15 is 0 Å². The maximum absolute atomic E-state index is 11.1. The second-order valence-electron chi connectivity index (χ2n) is 5.51. The van der Waals surface area contributed by atoms with Gasteiger partial charge in [-0.25, -0.2) is 0 Å². The number of halogens is 1. The predicted octanol–water partition coefficient (Wildman–Crippen LogP) is 2.95. The summed E-state index contributed by atoms with van der Waals surface area (Å²) in [5.41, 5.74) is 6.71. The van der Waals surface area contributed by atoms with Crippen molar-refractivity contribution in [2.75, 3.05) is 7.05 Å². The van der Waals surface area contributed by atoms with Crippen molar-refractivity contribution in [3.05, 3.63) is 38.9 Å². The van der Waals surface area contributed by atoms with Crippen molar-refractivity contribution in [3.63, 3.8) is 0 Å². The van der Waals surface area contributed by atoms with Gasteiger partial charge in [0, 0.05) is 35.3 Å². The summed E-state index contributed by atoms with van der Waals surface area (Å²) in [6, 6.07) is 5.62. The monoisotopic (exact) mass is 297 g/mol. The molecule has 0 heterocycles. The molecule has 1 aromatic rings. The highest BCUT2D eigenvalue weighted by Gasteiger charge is 2.24. The van der Waals surface area contributed by atoms with Gasteiger partial charge in [-0.3, -0.25) is 15.0 Å². The average Bonchev–Trinajstić information content (AvgIpc) is 2.41. The van der Waals surface area contributed by atoms with Gasteiger partial charge in [-0.05, 0) is 44.9 Å². The third-order valence-electron chi connectivity index (χ3n) is 4.03. The van der Waals surface area contributed by atoms with Crippen LogP contribution in [0.15, 0.2) is 18.2 Å². The topological polar surface area (TPSA) is 72.4 Å². The molecule has 1 saturated carbocycles. The first-order valence-electron chi connectivity index (χ1n) is 6.86. The standard InChI is InChI=1S/C14H20ClN3O2/c1-17(13-6-4-12(16)5-7-13)9-10-2-3-11(15)8-14(10)18(19)20/h2-3,8,12-13H,4-7,9,16H2,1H3. The van der Waals surface area contributed by atoms with Gasteiger partial charge in [-0.15, -0.1) is 0 Å². The van der Waals surface area contributed by atoms with Crippen molar-refractivity contribution in [3.8, 4) is 0 Å². The second-order valence-corrected chi connectivity index (χ2v) is 5.95. The lowest BCUT2D eigenvalue weighted by Gasteiger charge is -2.33. The van der Waals surface area contributed by atoms with Gasteiger partial charge in [-0.2, -0.15) is 0 Å². The molecule has 0 aliphatic heterocycles. The van der Waals surface area contributed by atoms with Crippen LogP contribution >= 0.6 is 11.6 Å². The normalized spacial score (nSPS) is 23.0. The quantitative estimate of drug-likeness (QED) is 0.685. The van der Waals surface area contributed by atoms with Crippen LogP contribution in [-0.4, -0.2) is 29.0 Å². The lowest BCUT2D eigenvalue weighted by Crippen LogP contribution is -2.38. The summed E-state index contributed by atoms with van der Waals surface area (Å²) in [6.45, 7) is 0.563. The summed E-state index contributed by atoms with van der Waals surface area (Å²) in [5, 5.41) is 11.5. The molecule has 2 rings (SSSR count). The van der Waals surface area contributed by atoms with Crippen molar-refractivity contribution >= 4 is 17.3 Å². The van der Waals surface area contributed by atoms with Gasteiger partial charge in [0.2, 0.25) is 0 Å². The molecule has 0 saturated heterocycles. The second kappa shape index (κ2) is 6.52. The van der Waals surface area contributed by atoms with Crippen LogP contribution in [0.1, 0.15) is 31.2 Å². The average molecular weight is 298 g/mol. The van der Waals surface area contributed by atoms with Gasteiger partial charge in [0.25, 0.3) is 5.69 Å². The summed E-state index contributed by atoms with van der Waals surface area (Å²) in [5.74, 6) is 0. The van der Waals surface area contributed by atoms with Crippen LogP contribution in [0.3, 0.4) is 0 Å². The maximum atomic E-state index is 11.1. The number of hydrogen-bond donors (Lipinski definition) is 1. The highest BCUT2D eigenvalue weighted by molar-refractivity contribution is 6.30. The van der Waals surface area contributed by atoms with Crippen LogP contribution < -0.4 is 5.73 Å². The third kappa shape index (κ3) is 3.69. The molecule has 0 aromatic heterocycles. The van der Waals surface area contributed by atoms with E-state index in [2.05, 4.69) is 4.90 Å². The number of hydrogen-bond acceptors (Lipinski definition) is 4. The van der Waals surface area contributed by atoms with Crippen molar-refractivity contribution in [2.45, 2.75) is 44.3 Å². The highest BCUT2D eigenvalue weighted by Crippen LogP contribution is 2.27. The van der Waals surface area contributed by atoms with Gasteiger partial charge in [0.15, 0.2) is 0 Å². The fourth-order valence-electron chi connectivity index (χ4n) is 2.78. The van der Waals surface area contributed by atoms with Gasteiger partial charge < -0.3 is 5.73 Å². The van der Waals surface area contributed by atoms with Gasteiger partial charge in [0.05, 0.1) is 4.92 Å². The molecule has 0 radical (unpaired) electrons. The molecule has 2 N–H and O–H groups in total. The van der Waals surface area contributed by atoms with Crippen LogP contribution in [0.25, 0.3) is 0 Å².